The molecule has 0 saturated carbocycles. The molecule has 1 aliphatic heterocycles. The number of hydrogen-bond donors (Lipinski definition) is 0. The molecule has 4 nitrogen and oxygen atoms in total. The molecular weight excluding hydrogens is 356 g/mol. The maximum Gasteiger partial charge on any atom is 0.200 e. The first-order valence-electron chi connectivity index (χ1n) is 8.14. The minimum Gasteiger partial charge on any atom is -0.493 e. The first-order valence-corrected chi connectivity index (χ1v) is 10.6. The van der Waals surface area contributed by atoms with Gasteiger partial charge in [-0.2, -0.15) is 0 Å². The van der Waals surface area contributed by atoms with Crippen LogP contribution in [0.25, 0.3) is 6.08 Å². The van der Waals surface area contributed by atoms with E-state index in [-0.39, 0.29) is 12.1 Å². The molecule has 2 rings (SSSR count). The van der Waals surface area contributed by atoms with E-state index in [0.29, 0.717) is 11.5 Å². The van der Waals surface area contributed by atoms with Crippen molar-refractivity contribution in [2.45, 2.75) is 25.6 Å². The van der Waals surface area contributed by atoms with Gasteiger partial charge in [-0.05, 0) is 49.1 Å². The topological polar surface area (TPSA) is 44.8 Å². The van der Waals surface area contributed by atoms with Crippen LogP contribution in [0.3, 0.4) is 0 Å². The van der Waals surface area contributed by atoms with Crippen LogP contribution in [-0.4, -0.2) is 38.3 Å². The largest absolute Gasteiger partial charge is 0.493 e. The monoisotopic (exact) mass is 380 g/mol. The maximum atomic E-state index is 12.0. The van der Waals surface area contributed by atoms with E-state index in [0.717, 1.165) is 35.7 Å². The number of thioether (sulfide) groups is 2. The molecule has 0 amide bonds. The second-order valence-electron chi connectivity index (χ2n) is 5.43. The van der Waals surface area contributed by atoms with Crippen LogP contribution in [-0.2, 0) is 9.53 Å². The van der Waals surface area contributed by atoms with Gasteiger partial charge in [-0.1, -0.05) is 12.1 Å². The van der Waals surface area contributed by atoms with Crippen LogP contribution in [0.15, 0.2) is 34.6 Å². The molecule has 1 atom stereocenters. The van der Waals surface area contributed by atoms with Gasteiger partial charge in [-0.25, -0.2) is 0 Å². The van der Waals surface area contributed by atoms with Crippen LogP contribution in [0.4, 0.5) is 0 Å². The third-order valence-corrected chi connectivity index (χ3v) is 5.73. The number of benzene rings is 1. The zero-order chi connectivity index (χ0) is 18.1. The van der Waals surface area contributed by atoms with E-state index < -0.39 is 0 Å². The summed E-state index contributed by atoms with van der Waals surface area (Å²) in [4.78, 5) is 12.0. The van der Waals surface area contributed by atoms with E-state index in [4.69, 9.17) is 14.2 Å². The third kappa shape index (κ3) is 6.45. The lowest BCUT2D eigenvalue weighted by Gasteiger charge is -2.24. The van der Waals surface area contributed by atoms with Crippen molar-refractivity contribution in [3.05, 3.63) is 40.2 Å². The van der Waals surface area contributed by atoms with Crippen molar-refractivity contribution in [3.8, 4) is 11.5 Å². The SMILES string of the molecule is COc1cc(/C=C/C(=O)C=C(SC)SC)ccc1OC1CCCCO1. The Kier molecular flexibility index (Phi) is 8.44. The fourth-order valence-corrected chi connectivity index (χ4v) is 3.51. The zero-order valence-corrected chi connectivity index (χ0v) is 16.5. The Bertz CT molecular complexity index is 628. The summed E-state index contributed by atoms with van der Waals surface area (Å²) in [6.07, 6.45) is 11.8. The van der Waals surface area contributed by atoms with Crippen LogP contribution in [0.2, 0.25) is 0 Å². The van der Waals surface area contributed by atoms with Gasteiger partial charge in [-0.15, -0.1) is 23.5 Å². The summed E-state index contributed by atoms with van der Waals surface area (Å²) in [5, 5.41) is 0. The highest BCUT2D eigenvalue weighted by Gasteiger charge is 2.17. The van der Waals surface area contributed by atoms with Crippen molar-refractivity contribution in [3.63, 3.8) is 0 Å². The number of carbonyl (C=O) groups excluding carboxylic acids is 1. The van der Waals surface area contributed by atoms with Crippen LogP contribution in [0, 0.1) is 0 Å². The van der Waals surface area contributed by atoms with Gasteiger partial charge in [0.25, 0.3) is 0 Å². The Hall–Kier alpha value is -1.37. The molecule has 0 bridgehead atoms. The Balaban J connectivity index is 2.06. The minimum atomic E-state index is -0.215. The van der Waals surface area contributed by atoms with Gasteiger partial charge < -0.3 is 14.2 Å². The maximum absolute atomic E-state index is 12.0. The second-order valence-corrected chi connectivity index (χ2v) is 7.39. The Labute approximate surface area is 158 Å². The van der Waals surface area contributed by atoms with Crippen molar-refractivity contribution in [1.29, 1.82) is 0 Å². The molecule has 0 aromatic heterocycles. The van der Waals surface area contributed by atoms with Gasteiger partial charge in [0.1, 0.15) is 0 Å². The number of methoxy groups -OCH3 is 1. The molecule has 1 aromatic carbocycles. The van der Waals surface area contributed by atoms with Gasteiger partial charge in [0.2, 0.25) is 0 Å². The molecule has 0 N–H and O–H groups in total. The first-order chi connectivity index (χ1) is 12.2. The van der Waals surface area contributed by atoms with Crippen LogP contribution in [0.1, 0.15) is 24.8 Å². The summed E-state index contributed by atoms with van der Waals surface area (Å²) in [5.41, 5.74) is 0.880. The highest BCUT2D eigenvalue weighted by molar-refractivity contribution is 8.21. The summed E-state index contributed by atoms with van der Waals surface area (Å²) in [6, 6.07) is 5.61. The van der Waals surface area contributed by atoms with E-state index in [1.807, 2.05) is 30.7 Å². The fourth-order valence-electron chi connectivity index (χ4n) is 2.37. The summed E-state index contributed by atoms with van der Waals surface area (Å²) in [6.45, 7) is 0.734. The normalized spacial score (nSPS) is 17.3. The average Bonchev–Trinajstić information content (AvgIpc) is 2.66. The van der Waals surface area contributed by atoms with Crippen molar-refractivity contribution < 1.29 is 19.0 Å². The molecule has 1 heterocycles. The molecule has 1 fully saturated rings. The minimum absolute atomic E-state index is 0.0337. The van der Waals surface area contributed by atoms with Crippen molar-refractivity contribution in [2.24, 2.45) is 0 Å². The van der Waals surface area contributed by atoms with Gasteiger partial charge in [0, 0.05) is 16.7 Å². The van der Waals surface area contributed by atoms with Gasteiger partial charge in [0.15, 0.2) is 23.6 Å². The van der Waals surface area contributed by atoms with Gasteiger partial charge >= 0.3 is 0 Å². The molecule has 1 aliphatic rings. The van der Waals surface area contributed by atoms with Gasteiger partial charge in [-0.3, -0.25) is 4.79 Å². The number of carbonyl (C=O) groups is 1. The summed E-state index contributed by atoms with van der Waals surface area (Å²) >= 11 is 3.13. The first kappa shape index (κ1) is 19.9. The predicted molar refractivity (Wildman–Crippen MR) is 106 cm³/mol. The lowest BCUT2D eigenvalue weighted by molar-refractivity contribution is -0.110. The van der Waals surface area contributed by atoms with E-state index in [9.17, 15) is 4.79 Å². The molecule has 1 saturated heterocycles. The average molecular weight is 381 g/mol. The number of allylic oxidation sites excluding steroid dienone is 2. The predicted octanol–water partition coefficient (Wildman–Crippen LogP) is 4.75. The molecular formula is C19H24O4S2. The molecule has 1 aromatic rings. The van der Waals surface area contributed by atoms with Crippen molar-refractivity contribution in [1.82, 2.24) is 0 Å². The Morgan fingerprint density at radius 2 is 2.04 bits per heavy atom. The van der Waals surface area contributed by atoms with E-state index in [2.05, 4.69) is 0 Å². The molecule has 1 unspecified atom stereocenters. The molecule has 0 aliphatic carbocycles. The Morgan fingerprint density at radius 3 is 2.68 bits per heavy atom. The van der Waals surface area contributed by atoms with E-state index in [1.165, 1.54) is 0 Å². The highest BCUT2D eigenvalue weighted by atomic mass is 32.2. The van der Waals surface area contributed by atoms with E-state index >= 15 is 0 Å². The second kappa shape index (κ2) is 10.6. The summed E-state index contributed by atoms with van der Waals surface area (Å²) < 4.78 is 17.9. The molecule has 0 radical (unpaired) electrons. The zero-order valence-electron chi connectivity index (χ0n) is 14.8. The lowest BCUT2D eigenvalue weighted by atomic mass is 10.1. The number of rotatable bonds is 8. The van der Waals surface area contributed by atoms with Gasteiger partial charge in [0.05, 0.1) is 13.7 Å². The van der Waals surface area contributed by atoms with Crippen molar-refractivity contribution in [2.75, 3.05) is 26.2 Å². The molecule has 6 heteroatoms. The van der Waals surface area contributed by atoms with Crippen LogP contribution >= 0.6 is 23.5 Å². The molecule has 136 valence electrons. The lowest BCUT2D eigenvalue weighted by Crippen LogP contribution is -2.25. The smallest absolute Gasteiger partial charge is 0.200 e. The number of ketones is 1. The third-order valence-electron chi connectivity index (χ3n) is 3.69. The Morgan fingerprint density at radius 1 is 1.24 bits per heavy atom. The quantitative estimate of drug-likeness (QED) is 0.607. The number of ether oxygens (including phenoxy) is 3. The number of hydrogen-bond acceptors (Lipinski definition) is 6. The van der Waals surface area contributed by atoms with Crippen LogP contribution < -0.4 is 9.47 Å². The summed E-state index contributed by atoms with van der Waals surface area (Å²) in [5.74, 6) is 1.26. The van der Waals surface area contributed by atoms with E-state index in [1.54, 1.807) is 48.9 Å². The molecule has 25 heavy (non-hydrogen) atoms. The highest BCUT2D eigenvalue weighted by Crippen LogP contribution is 2.31. The fraction of sp³-hybridized carbons (Fsp3) is 0.421. The van der Waals surface area contributed by atoms with Crippen LogP contribution in [0.5, 0.6) is 11.5 Å². The standard InChI is InChI=1S/C19H24O4S2/c1-21-17-12-14(7-9-15(20)13-19(24-2)25-3)8-10-16(17)23-18-6-4-5-11-22-18/h7-10,12-13,18H,4-6,11H2,1-3H3/b9-7+. The summed E-state index contributed by atoms with van der Waals surface area (Å²) in [7, 11) is 1.61. The molecule has 0 spiro atoms. The van der Waals surface area contributed by atoms with Crippen molar-refractivity contribution >= 4 is 35.4 Å².